The second-order valence-corrected chi connectivity index (χ2v) is 3.12. The van der Waals surface area contributed by atoms with Crippen molar-refractivity contribution in [3.8, 4) is 0 Å². The second kappa shape index (κ2) is 10.5. The second-order valence-electron chi connectivity index (χ2n) is 3.12. The van der Waals surface area contributed by atoms with E-state index in [-0.39, 0.29) is 0 Å². The van der Waals surface area contributed by atoms with Crippen molar-refractivity contribution < 1.29 is 35.2 Å². The summed E-state index contributed by atoms with van der Waals surface area (Å²) >= 11 is 0. The van der Waals surface area contributed by atoms with E-state index in [2.05, 4.69) is 9.68 Å². The molecule has 0 aromatic carbocycles. The molecular formula is C7H19N2O7+. The van der Waals surface area contributed by atoms with Crippen molar-refractivity contribution in [1.82, 2.24) is 4.90 Å². The summed E-state index contributed by atoms with van der Waals surface area (Å²) < 4.78 is 0. The van der Waals surface area contributed by atoms with Gasteiger partial charge in [0, 0.05) is 0 Å². The number of rotatable bonds is 6. The van der Waals surface area contributed by atoms with E-state index in [1.165, 1.54) is 0 Å². The summed E-state index contributed by atoms with van der Waals surface area (Å²) in [4.78, 5) is 20.3. The van der Waals surface area contributed by atoms with Crippen LogP contribution in [0.5, 0.6) is 0 Å². The molecule has 0 bridgehead atoms. The Balaban J connectivity index is 0. The third kappa shape index (κ3) is 23.1. The first-order valence-electron chi connectivity index (χ1n) is 4.32. The van der Waals surface area contributed by atoms with E-state index in [9.17, 15) is 4.91 Å². The average Bonchev–Trinajstić information content (AvgIpc) is 2.10. The van der Waals surface area contributed by atoms with Crippen LogP contribution in [-0.4, -0.2) is 77.3 Å². The zero-order valence-corrected chi connectivity index (χ0v) is 9.48. The highest BCUT2D eigenvalue weighted by Gasteiger charge is 2.16. The molecule has 0 amide bonds. The number of hydrogen-bond acceptors (Lipinski definition) is 8. The Morgan fingerprint density at radius 1 is 1.00 bits per heavy atom. The minimum Gasteiger partial charge on any atom is -0.365 e. The number of nitrogens with zero attached hydrogens (tertiary/aromatic N) is 2. The summed E-state index contributed by atoms with van der Waals surface area (Å²) in [6.07, 6.45) is -3.58. The topological polar surface area (TPSA) is 123 Å². The van der Waals surface area contributed by atoms with Gasteiger partial charge in [-0.15, -0.1) is 0 Å². The molecule has 0 aliphatic rings. The molecule has 0 aliphatic carbocycles. The molecule has 16 heavy (non-hydrogen) atoms. The van der Waals surface area contributed by atoms with Crippen LogP contribution in [-0.2, 0) is 9.68 Å². The van der Waals surface area contributed by atoms with Crippen LogP contribution in [0.15, 0.2) is 0 Å². The van der Waals surface area contributed by atoms with Gasteiger partial charge in [-0.05, 0) is 21.1 Å². The summed E-state index contributed by atoms with van der Waals surface area (Å²) in [5.74, 6) is 0. The molecule has 0 heterocycles. The molecule has 0 atom stereocenters. The minimum absolute atomic E-state index is 0.446. The van der Waals surface area contributed by atoms with Crippen LogP contribution in [0.1, 0.15) is 0 Å². The Kier molecular flexibility index (Phi) is 11.4. The zero-order chi connectivity index (χ0) is 13.1. The van der Waals surface area contributed by atoms with Gasteiger partial charge in [-0.1, -0.05) is 0 Å². The summed E-state index contributed by atoms with van der Waals surface area (Å²) in [7, 11) is 6.00. The Morgan fingerprint density at radius 3 is 1.44 bits per heavy atom. The monoisotopic (exact) mass is 243 g/mol. The van der Waals surface area contributed by atoms with Crippen LogP contribution in [0.2, 0.25) is 0 Å². The normalized spacial score (nSPS) is 10.1. The Morgan fingerprint density at radius 2 is 1.25 bits per heavy atom. The smallest absolute Gasteiger partial charge is 0.365 e. The third-order valence-electron chi connectivity index (χ3n) is 0.658. The maximum Gasteiger partial charge on any atom is 0.477 e. The van der Waals surface area contributed by atoms with Gasteiger partial charge in [0.25, 0.3) is 0 Å². The van der Waals surface area contributed by atoms with E-state index >= 15 is 0 Å². The summed E-state index contributed by atoms with van der Waals surface area (Å²) in [6.45, 7) is -1.32. The molecule has 0 saturated carbocycles. The predicted molar refractivity (Wildman–Crippen MR) is 51.6 cm³/mol. The molecule has 0 aromatic heterocycles. The fourth-order valence-electron chi connectivity index (χ4n) is 0.292. The quantitative estimate of drug-likeness (QED) is 0.296. The molecule has 0 spiro atoms. The Labute approximate surface area is 92.9 Å². The first-order valence-corrected chi connectivity index (χ1v) is 4.32. The van der Waals surface area contributed by atoms with Crippen molar-refractivity contribution >= 4 is 0 Å². The van der Waals surface area contributed by atoms with Gasteiger partial charge in [-0.2, -0.15) is 9.68 Å². The van der Waals surface area contributed by atoms with Gasteiger partial charge >= 0.3 is 5.09 Å². The van der Waals surface area contributed by atoms with Gasteiger partial charge in [-0.3, -0.25) is 0 Å². The first-order chi connectivity index (χ1) is 7.25. The van der Waals surface area contributed by atoms with E-state index in [1.54, 1.807) is 0 Å². The lowest BCUT2D eigenvalue weighted by Gasteiger charge is -1.98. The van der Waals surface area contributed by atoms with Crippen molar-refractivity contribution in [3.05, 3.63) is 4.91 Å². The Bertz CT molecular complexity index is 157. The molecule has 9 nitrogen and oxygen atoms in total. The Hall–Kier alpha value is -1.00. The van der Waals surface area contributed by atoms with Crippen LogP contribution < -0.4 is 0 Å². The van der Waals surface area contributed by atoms with E-state index < -0.39 is 30.9 Å². The minimum atomic E-state index is -1.79. The average molecular weight is 243 g/mol. The predicted octanol–water partition coefficient (Wildman–Crippen LogP) is -2.57. The molecule has 0 radical (unpaired) electrons. The van der Waals surface area contributed by atoms with Crippen LogP contribution in [0.25, 0.3) is 0 Å². The van der Waals surface area contributed by atoms with Gasteiger partial charge in [0.15, 0.2) is 12.6 Å². The third-order valence-corrected chi connectivity index (χ3v) is 0.658. The van der Waals surface area contributed by atoms with Crippen molar-refractivity contribution in [2.75, 3.05) is 34.4 Å². The molecular weight excluding hydrogens is 224 g/mol. The van der Waals surface area contributed by atoms with Crippen molar-refractivity contribution in [3.63, 3.8) is 0 Å². The number of hydrogen-bond donors (Lipinski definition) is 4. The molecule has 0 rings (SSSR count). The summed E-state index contributed by atoms with van der Waals surface area (Å²) in [5, 5.41) is 32.3. The molecule has 0 aromatic rings. The van der Waals surface area contributed by atoms with Crippen LogP contribution in [0, 0.1) is 4.91 Å². The molecule has 0 saturated heterocycles. The van der Waals surface area contributed by atoms with Crippen LogP contribution >= 0.6 is 0 Å². The van der Waals surface area contributed by atoms with E-state index in [1.807, 2.05) is 26.0 Å². The van der Waals surface area contributed by atoms with Crippen molar-refractivity contribution in [2.45, 2.75) is 12.6 Å². The molecule has 98 valence electrons. The standard InChI is InChI=1S/C4H10NO7.C3H9N/c6-3(7)1-11-5(10)12-2-4(8)9;1-4(2)3/h3-4,6-9H,1-2H2;1-3H3/q+1;. The van der Waals surface area contributed by atoms with Gasteiger partial charge in [0.05, 0.1) is 0 Å². The van der Waals surface area contributed by atoms with Crippen LogP contribution in [0.4, 0.5) is 0 Å². The van der Waals surface area contributed by atoms with Gasteiger partial charge in [0.1, 0.15) is 4.91 Å². The largest absolute Gasteiger partial charge is 0.477 e. The van der Waals surface area contributed by atoms with E-state index in [0.29, 0.717) is 0 Å². The number of aliphatic hydroxyl groups excluding tert-OH is 2. The van der Waals surface area contributed by atoms with Gasteiger partial charge in [-0.25, -0.2) is 0 Å². The molecule has 4 N–H and O–H groups in total. The molecule has 0 aliphatic heterocycles. The maximum absolute atomic E-state index is 10.3. The summed E-state index contributed by atoms with van der Waals surface area (Å²) in [5.41, 5.74) is 0. The van der Waals surface area contributed by atoms with Crippen LogP contribution in [0.3, 0.4) is 0 Å². The SMILES string of the molecule is CN(C)C.O=[N+](OCC(O)O)OCC(O)O. The summed E-state index contributed by atoms with van der Waals surface area (Å²) in [6, 6.07) is 0. The molecule has 0 unspecified atom stereocenters. The lowest BCUT2D eigenvalue weighted by molar-refractivity contribution is -0.983. The van der Waals surface area contributed by atoms with Crippen molar-refractivity contribution in [2.24, 2.45) is 0 Å². The van der Waals surface area contributed by atoms with E-state index in [4.69, 9.17) is 20.4 Å². The zero-order valence-electron chi connectivity index (χ0n) is 9.48. The number of aliphatic hydroxyl groups is 4. The first kappa shape index (κ1) is 17.4. The van der Waals surface area contributed by atoms with Crippen molar-refractivity contribution in [1.29, 1.82) is 0 Å². The fourth-order valence-corrected chi connectivity index (χ4v) is 0.292. The highest BCUT2D eigenvalue weighted by Crippen LogP contribution is 1.85. The molecule has 9 heteroatoms. The maximum atomic E-state index is 10.3. The fraction of sp³-hybridized carbons (Fsp3) is 1.00. The van der Waals surface area contributed by atoms with Gasteiger partial charge in [0.2, 0.25) is 13.2 Å². The van der Waals surface area contributed by atoms with Gasteiger partial charge < -0.3 is 25.3 Å². The lowest BCUT2D eigenvalue weighted by atomic mass is 10.7. The van der Waals surface area contributed by atoms with E-state index in [0.717, 1.165) is 0 Å². The lowest BCUT2D eigenvalue weighted by Crippen LogP contribution is -2.23. The molecule has 0 fully saturated rings. The highest BCUT2D eigenvalue weighted by molar-refractivity contribution is 4.24. The highest BCUT2D eigenvalue weighted by atomic mass is 17.0.